The van der Waals surface area contributed by atoms with Crippen LogP contribution in [0.2, 0.25) is 0 Å². The second-order valence-corrected chi connectivity index (χ2v) is 6.80. The van der Waals surface area contributed by atoms with Gasteiger partial charge in [-0.25, -0.2) is 5.43 Å². The fourth-order valence-electron chi connectivity index (χ4n) is 2.70. The van der Waals surface area contributed by atoms with Crippen molar-refractivity contribution in [3.63, 3.8) is 0 Å². The van der Waals surface area contributed by atoms with Gasteiger partial charge in [-0.15, -0.1) is 11.3 Å². The third-order valence-corrected chi connectivity index (χ3v) is 5.15. The number of non-ortho nitro benzene ring substituents is 1. The minimum atomic E-state index is -0.475. The van der Waals surface area contributed by atoms with Gasteiger partial charge in [0.1, 0.15) is 0 Å². The standard InChI is InChI=1S/C19H17N3O6S/c1-26-14-6-4-11(17(27-2)18(14)28-3)10-20-21-19(23)16-9-12-8-13(22(24)25)5-7-15(12)29-16/h4-10H,1-3H3,(H,21,23)/b20-10-. The molecule has 29 heavy (non-hydrogen) atoms. The van der Waals surface area contributed by atoms with Crippen LogP contribution in [0.3, 0.4) is 0 Å². The monoisotopic (exact) mass is 415 g/mol. The van der Waals surface area contributed by atoms with Crippen LogP contribution in [0.4, 0.5) is 5.69 Å². The van der Waals surface area contributed by atoms with Gasteiger partial charge < -0.3 is 14.2 Å². The van der Waals surface area contributed by atoms with E-state index in [-0.39, 0.29) is 5.69 Å². The maximum absolute atomic E-state index is 12.4. The van der Waals surface area contributed by atoms with Crippen LogP contribution in [-0.4, -0.2) is 38.4 Å². The van der Waals surface area contributed by atoms with Crippen molar-refractivity contribution in [2.45, 2.75) is 0 Å². The Labute approximate surface area is 169 Å². The van der Waals surface area contributed by atoms with E-state index < -0.39 is 10.8 Å². The average molecular weight is 415 g/mol. The molecule has 9 nitrogen and oxygen atoms in total. The van der Waals surface area contributed by atoms with E-state index >= 15 is 0 Å². The topological polar surface area (TPSA) is 112 Å². The number of thiophene rings is 1. The second kappa shape index (κ2) is 8.57. The SMILES string of the molecule is COc1ccc(/C=N\NC(=O)c2cc3cc([N+](=O)[O-])ccc3s2)c(OC)c1OC. The molecule has 2 aromatic carbocycles. The molecule has 1 aromatic heterocycles. The van der Waals surface area contributed by atoms with Gasteiger partial charge in [0.15, 0.2) is 11.5 Å². The van der Waals surface area contributed by atoms with Gasteiger partial charge in [-0.3, -0.25) is 14.9 Å². The maximum Gasteiger partial charge on any atom is 0.281 e. The molecule has 150 valence electrons. The van der Waals surface area contributed by atoms with Crippen LogP contribution in [0.15, 0.2) is 41.5 Å². The summed E-state index contributed by atoms with van der Waals surface area (Å²) in [6.07, 6.45) is 1.43. The highest BCUT2D eigenvalue weighted by Gasteiger charge is 2.15. The van der Waals surface area contributed by atoms with Gasteiger partial charge in [-0.2, -0.15) is 5.10 Å². The molecular weight excluding hydrogens is 398 g/mol. The van der Waals surface area contributed by atoms with E-state index in [2.05, 4.69) is 10.5 Å². The number of benzene rings is 2. The summed E-state index contributed by atoms with van der Waals surface area (Å²) in [4.78, 5) is 23.2. The van der Waals surface area contributed by atoms with Crippen LogP contribution in [0.5, 0.6) is 17.2 Å². The predicted octanol–water partition coefficient (Wildman–Crippen LogP) is 3.60. The van der Waals surface area contributed by atoms with Crippen LogP contribution in [0, 0.1) is 10.1 Å². The minimum absolute atomic E-state index is 0.0270. The molecule has 0 unspecified atom stereocenters. The molecule has 0 bridgehead atoms. The zero-order chi connectivity index (χ0) is 21.0. The molecule has 0 fully saturated rings. The number of fused-ring (bicyclic) bond motifs is 1. The molecule has 0 radical (unpaired) electrons. The summed E-state index contributed by atoms with van der Waals surface area (Å²) >= 11 is 1.22. The van der Waals surface area contributed by atoms with Gasteiger partial charge in [0.2, 0.25) is 5.75 Å². The summed E-state index contributed by atoms with van der Waals surface area (Å²) < 4.78 is 16.7. The lowest BCUT2D eigenvalue weighted by Crippen LogP contribution is -2.16. The molecule has 0 saturated carbocycles. The number of rotatable bonds is 7. The van der Waals surface area contributed by atoms with Gasteiger partial charge in [0, 0.05) is 27.8 Å². The van der Waals surface area contributed by atoms with Gasteiger partial charge in [-0.1, -0.05) is 0 Å². The molecule has 0 atom stereocenters. The fourth-order valence-corrected chi connectivity index (χ4v) is 3.63. The smallest absolute Gasteiger partial charge is 0.281 e. The fraction of sp³-hybridized carbons (Fsp3) is 0.158. The second-order valence-electron chi connectivity index (χ2n) is 5.71. The zero-order valence-corrected chi connectivity index (χ0v) is 16.6. The lowest BCUT2D eigenvalue weighted by atomic mass is 10.2. The third kappa shape index (κ3) is 4.11. The first-order valence-corrected chi connectivity index (χ1v) is 9.10. The highest BCUT2D eigenvalue weighted by atomic mass is 32.1. The summed E-state index contributed by atoms with van der Waals surface area (Å²) in [6, 6.07) is 9.46. The Bertz CT molecular complexity index is 1110. The molecule has 0 aliphatic carbocycles. The first-order valence-electron chi connectivity index (χ1n) is 8.28. The quantitative estimate of drug-likeness (QED) is 0.358. The van der Waals surface area contributed by atoms with Crippen LogP contribution in [0.25, 0.3) is 10.1 Å². The molecule has 1 heterocycles. The van der Waals surface area contributed by atoms with E-state index in [0.717, 1.165) is 4.70 Å². The van der Waals surface area contributed by atoms with E-state index in [0.29, 0.717) is 33.1 Å². The summed E-state index contributed by atoms with van der Waals surface area (Å²) in [7, 11) is 4.50. The maximum atomic E-state index is 12.4. The number of hydrazone groups is 1. The van der Waals surface area contributed by atoms with Gasteiger partial charge in [-0.05, 0) is 24.3 Å². The van der Waals surface area contributed by atoms with E-state index in [1.165, 1.54) is 51.0 Å². The highest BCUT2D eigenvalue weighted by Crippen LogP contribution is 2.39. The van der Waals surface area contributed by atoms with Crippen molar-refractivity contribution in [2.24, 2.45) is 5.10 Å². The van der Waals surface area contributed by atoms with E-state index in [1.54, 1.807) is 24.3 Å². The molecule has 0 saturated heterocycles. The number of hydrogen-bond donors (Lipinski definition) is 1. The summed E-state index contributed by atoms with van der Waals surface area (Å²) in [5, 5.41) is 15.5. The number of nitrogens with zero attached hydrogens (tertiary/aromatic N) is 2. The van der Waals surface area contributed by atoms with Crippen molar-refractivity contribution in [1.82, 2.24) is 5.43 Å². The van der Waals surface area contributed by atoms with Gasteiger partial charge >= 0.3 is 0 Å². The summed E-state index contributed by atoms with van der Waals surface area (Å²) in [5.41, 5.74) is 3.00. The normalized spacial score (nSPS) is 10.9. The van der Waals surface area contributed by atoms with Crippen LogP contribution >= 0.6 is 11.3 Å². The number of carbonyl (C=O) groups is 1. The number of ether oxygens (including phenoxy) is 3. The average Bonchev–Trinajstić information content (AvgIpc) is 3.16. The lowest BCUT2D eigenvalue weighted by molar-refractivity contribution is -0.384. The van der Waals surface area contributed by atoms with Crippen LogP contribution < -0.4 is 19.6 Å². The largest absolute Gasteiger partial charge is 0.493 e. The van der Waals surface area contributed by atoms with E-state index in [9.17, 15) is 14.9 Å². The molecule has 1 amide bonds. The molecule has 0 aliphatic heterocycles. The predicted molar refractivity (Wildman–Crippen MR) is 110 cm³/mol. The Kier molecular flexibility index (Phi) is 5.93. The number of carbonyl (C=O) groups excluding carboxylic acids is 1. The van der Waals surface area contributed by atoms with Gasteiger partial charge in [0.25, 0.3) is 11.6 Å². The van der Waals surface area contributed by atoms with Crippen molar-refractivity contribution in [3.8, 4) is 17.2 Å². The number of hydrogen-bond acceptors (Lipinski definition) is 8. The van der Waals surface area contributed by atoms with Crippen molar-refractivity contribution in [2.75, 3.05) is 21.3 Å². The van der Waals surface area contributed by atoms with Crippen molar-refractivity contribution < 1.29 is 23.9 Å². The van der Waals surface area contributed by atoms with Crippen molar-refractivity contribution in [3.05, 3.63) is 57.0 Å². The Morgan fingerprint density at radius 1 is 1.10 bits per heavy atom. The number of amides is 1. The van der Waals surface area contributed by atoms with Crippen molar-refractivity contribution >= 4 is 39.2 Å². The Hall–Kier alpha value is -3.66. The van der Waals surface area contributed by atoms with Gasteiger partial charge in [0.05, 0.1) is 37.3 Å². The van der Waals surface area contributed by atoms with E-state index in [1.807, 2.05) is 0 Å². The first-order chi connectivity index (χ1) is 14.0. The summed E-state index contributed by atoms with van der Waals surface area (Å²) in [5.74, 6) is 0.907. The molecule has 3 rings (SSSR count). The zero-order valence-electron chi connectivity index (χ0n) is 15.8. The van der Waals surface area contributed by atoms with E-state index in [4.69, 9.17) is 14.2 Å². The number of nitro groups is 1. The molecule has 0 aliphatic rings. The molecule has 0 spiro atoms. The highest BCUT2D eigenvalue weighted by molar-refractivity contribution is 7.20. The molecular formula is C19H17N3O6S. The summed E-state index contributed by atoms with van der Waals surface area (Å²) in [6.45, 7) is 0. The first kappa shape index (κ1) is 20.1. The Morgan fingerprint density at radius 2 is 1.86 bits per heavy atom. The Balaban J connectivity index is 1.79. The number of nitro benzene ring substituents is 1. The van der Waals surface area contributed by atoms with Crippen LogP contribution in [-0.2, 0) is 0 Å². The molecule has 10 heteroatoms. The van der Waals surface area contributed by atoms with Crippen molar-refractivity contribution in [1.29, 1.82) is 0 Å². The minimum Gasteiger partial charge on any atom is -0.493 e. The Morgan fingerprint density at radius 3 is 2.52 bits per heavy atom. The number of nitrogens with one attached hydrogen (secondary N) is 1. The lowest BCUT2D eigenvalue weighted by Gasteiger charge is -2.13. The van der Waals surface area contributed by atoms with Crippen LogP contribution in [0.1, 0.15) is 15.2 Å². The number of methoxy groups -OCH3 is 3. The third-order valence-electron chi connectivity index (χ3n) is 4.04. The molecule has 3 aromatic rings. The molecule has 1 N–H and O–H groups in total.